The van der Waals surface area contributed by atoms with Gasteiger partial charge in [0.05, 0.1) is 13.4 Å². The van der Waals surface area contributed by atoms with Crippen molar-refractivity contribution in [1.29, 1.82) is 0 Å². The molecule has 0 saturated heterocycles. The van der Waals surface area contributed by atoms with E-state index in [-0.39, 0.29) is 5.69 Å². The molecule has 3 aromatic carbocycles. The number of hydrogen-bond donors (Lipinski definition) is 1. The zero-order chi connectivity index (χ0) is 24.6. The van der Waals surface area contributed by atoms with Crippen molar-refractivity contribution >= 4 is 28.1 Å². The Hall–Kier alpha value is -3.93. The fourth-order valence-electron chi connectivity index (χ4n) is 4.22. The van der Waals surface area contributed by atoms with Crippen molar-refractivity contribution in [2.75, 3.05) is 12.4 Å². The van der Waals surface area contributed by atoms with E-state index in [1.807, 2.05) is 13.0 Å². The molecule has 0 bridgehead atoms. The fourth-order valence-corrected chi connectivity index (χ4v) is 4.22. The molecule has 4 rings (SSSR count). The van der Waals surface area contributed by atoms with Crippen LogP contribution in [0.3, 0.4) is 0 Å². The Balaban J connectivity index is 1.77. The van der Waals surface area contributed by atoms with Gasteiger partial charge in [0.25, 0.3) is 0 Å². The summed E-state index contributed by atoms with van der Waals surface area (Å²) < 4.78 is 38.2. The second kappa shape index (κ2) is 9.14. The topological polar surface area (TPSA) is 51.5 Å². The van der Waals surface area contributed by atoms with E-state index >= 15 is 0 Å². The van der Waals surface area contributed by atoms with Gasteiger partial charge in [-0.3, -0.25) is 4.79 Å². The quantitative estimate of drug-likeness (QED) is 0.316. The van der Waals surface area contributed by atoms with E-state index in [0.29, 0.717) is 11.3 Å². The van der Waals surface area contributed by atoms with E-state index in [1.54, 1.807) is 20.3 Å². The number of amides is 1. The molecule has 174 valence electrons. The highest BCUT2D eigenvalue weighted by Gasteiger charge is 2.19. The number of furan rings is 1. The first kappa shape index (κ1) is 23.2. The maximum Gasteiger partial charge on any atom is 0.248 e. The van der Waals surface area contributed by atoms with Crippen molar-refractivity contribution in [3.05, 3.63) is 88.7 Å². The molecular formula is C28H25F2NO3. The molecule has 0 spiro atoms. The lowest BCUT2D eigenvalue weighted by Gasteiger charge is -2.14. The van der Waals surface area contributed by atoms with Crippen molar-refractivity contribution in [2.45, 2.75) is 27.7 Å². The third-order valence-corrected chi connectivity index (χ3v) is 5.88. The number of carbonyl (C=O) groups excluding carboxylic acids is 1. The molecule has 0 saturated carbocycles. The Labute approximate surface area is 196 Å². The number of nitrogens with one attached hydrogen (secondary N) is 1. The number of allylic oxidation sites excluding steroid dienone is 1. The predicted octanol–water partition coefficient (Wildman–Crippen LogP) is 7.35. The molecule has 0 radical (unpaired) electrons. The highest BCUT2D eigenvalue weighted by Crippen LogP contribution is 2.41. The summed E-state index contributed by atoms with van der Waals surface area (Å²) >= 11 is 0. The van der Waals surface area contributed by atoms with E-state index in [2.05, 4.69) is 37.4 Å². The largest absolute Gasteiger partial charge is 0.496 e. The number of ether oxygens (including phenoxy) is 1. The van der Waals surface area contributed by atoms with E-state index in [9.17, 15) is 13.6 Å². The lowest BCUT2D eigenvalue weighted by Crippen LogP contribution is -2.09. The highest BCUT2D eigenvalue weighted by atomic mass is 19.2. The molecule has 0 aliphatic rings. The fraction of sp³-hybridized carbons (Fsp3) is 0.179. The minimum Gasteiger partial charge on any atom is -0.496 e. The van der Waals surface area contributed by atoms with Crippen molar-refractivity contribution in [3.8, 4) is 16.9 Å². The molecule has 0 aliphatic heterocycles. The summed E-state index contributed by atoms with van der Waals surface area (Å²) in [5.74, 6) is -1.87. The average Bonchev–Trinajstić information content (AvgIpc) is 3.20. The highest BCUT2D eigenvalue weighted by molar-refractivity contribution is 6.06. The number of benzene rings is 3. The summed E-state index contributed by atoms with van der Waals surface area (Å²) in [4.78, 5) is 12.6. The number of fused-ring (bicyclic) bond motifs is 1. The van der Waals surface area contributed by atoms with Gasteiger partial charge in [0.15, 0.2) is 11.6 Å². The van der Waals surface area contributed by atoms with Crippen LogP contribution in [0, 0.1) is 32.4 Å². The summed E-state index contributed by atoms with van der Waals surface area (Å²) in [5.41, 5.74) is 7.42. The first-order valence-electron chi connectivity index (χ1n) is 10.8. The average molecular weight is 462 g/mol. The molecule has 34 heavy (non-hydrogen) atoms. The summed E-state index contributed by atoms with van der Waals surface area (Å²) in [6.45, 7) is 7.82. The van der Waals surface area contributed by atoms with E-state index in [1.165, 1.54) is 17.7 Å². The van der Waals surface area contributed by atoms with Crippen molar-refractivity contribution in [2.24, 2.45) is 0 Å². The van der Waals surface area contributed by atoms with Crippen LogP contribution >= 0.6 is 0 Å². The van der Waals surface area contributed by atoms with Crippen LogP contribution in [0.1, 0.15) is 29.2 Å². The van der Waals surface area contributed by atoms with Gasteiger partial charge in [-0.15, -0.1) is 0 Å². The number of carbonyl (C=O) groups is 1. The SMILES string of the molecule is COc1c(/C(C)=C/C(=O)Nc2ccc(F)c(F)c2)cc2c(-c3ccc(C)cc3C)coc2c1C. The zero-order valence-corrected chi connectivity index (χ0v) is 19.7. The van der Waals surface area contributed by atoms with Crippen molar-refractivity contribution < 1.29 is 22.7 Å². The van der Waals surface area contributed by atoms with Gasteiger partial charge >= 0.3 is 0 Å². The Morgan fingerprint density at radius 2 is 1.76 bits per heavy atom. The van der Waals surface area contributed by atoms with E-state index in [4.69, 9.17) is 9.15 Å². The van der Waals surface area contributed by atoms with Crippen LogP contribution in [0.5, 0.6) is 5.75 Å². The van der Waals surface area contributed by atoms with Crippen LogP contribution in [-0.2, 0) is 4.79 Å². The molecule has 1 heterocycles. The third-order valence-electron chi connectivity index (χ3n) is 5.88. The predicted molar refractivity (Wildman–Crippen MR) is 131 cm³/mol. The molecule has 0 aliphatic carbocycles. The summed E-state index contributed by atoms with van der Waals surface area (Å²) in [6, 6.07) is 11.4. The van der Waals surface area contributed by atoms with Gasteiger partial charge in [-0.2, -0.15) is 0 Å². The van der Waals surface area contributed by atoms with Crippen molar-refractivity contribution in [1.82, 2.24) is 0 Å². The zero-order valence-electron chi connectivity index (χ0n) is 19.7. The molecule has 4 aromatic rings. The number of aryl methyl sites for hydroxylation is 3. The molecule has 0 fully saturated rings. The molecule has 6 heteroatoms. The monoisotopic (exact) mass is 461 g/mol. The van der Waals surface area contributed by atoms with Gasteiger partial charge in [-0.05, 0) is 62.6 Å². The number of rotatable bonds is 5. The summed E-state index contributed by atoms with van der Waals surface area (Å²) in [7, 11) is 1.57. The number of halogens is 2. The first-order valence-corrected chi connectivity index (χ1v) is 10.8. The van der Waals surface area contributed by atoms with Gasteiger partial charge < -0.3 is 14.5 Å². The maximum absolute atomic E-state index is 13.5. The van der Waals surface area contributed by atoms with Crippen LogP contribution in [-0.4, -0.2) is 13.0 Å². The first-order chi connectivity index (χ1) is 16.2. The molecule has 0 unspecified atom stereocenters. The van der Waals surface area contributed by atoms with Gasteiger partial charge in [0.2, 0.25) is 5.91 Å². The van der Waals surface area contributed by atoms with Crippen LogP contribution < -0.4 is 10.1 Å². The smallest absolute Gasteiger partial charge is 0.248 e. The van der Waals surface area contributed by atoms with Crippen LogP contribution in [0.4, 0.5) is 14.5 Å². The normalized spacial score (nSPS) is 11.7. The molecule has 1 N–H and O–H groups in total. The Kier molecular flexibility index (Phi) is 6.24. The minimum absolute atomic E-state index is 0.165. The number of methoxy groups -OCH3 is 1. The Morgan fingerprint density at radius 1 is 1.00 bits per heavy atom. The van der Waals surface area contributed by atoms with E-state index < -0.39 is 17.5 Å². The van der Waals surface area contributed by atoms with Gasteiger partial charge in [0, 0.05) is 39.9 Å². The van der Waals surface area contributed by atoms with Crippen LogP contribution in [0.25, 0.3) is 27.7 Å². The molecule has 4 nitrogen and oxygen atoms in total. The second-order valence-electron chi connectivity index (χ2n) is 8.37. The minimum atomic E-state index is -1.03. The van der Waals surface area contributed by atoms with Crippen LogP contribution in [0.15, 0.2) is 59.2 Å². The molecule has 1 amide bonds. The lowest BCUT2D eigenvalue weighted by atomic mass is 9.94. The second-order valence-corrected chi connectivity index (χ2v) is 8.37. The van der Waals surface area contributed by atoms with E-state index in [0.717, 1.165) is 50.9 Å². The Morgan fingerprint density at radius 3 is 2.44 bits per heavy atom. The van der Waals surface area contributed by atoms with Gasteiger partial charge in [-0.25, -0.2) is 8.78 Å². The summed E-state index contributed by atoms with van der Waals surface area (Å²) in [5, 5.41) is 3.47. The lowest BCUT2D eigenvalue weighted by molar-refractivity contribution is -0.111. The molecule has 0 atom stereocenters. The number of hydrogen-bond acceptors (Lipinski definition) is 3. The summed E-state index contributed by atoms with van der Waals surface area (Å²) in [6.07, 6.45) is 3.15. The van der Waals surface area contributed by atoms with Gasteiger partial charge in [-0.1, -0.05) is 23.8 Å². The third kappa shape index (κ3) is 4.31. The Bertz CT molecular complexity index is 1450. The van der Waals surface area contributed by atoms with Crippen molar-refractivity contribution in [3.63, 3.8) is 0 Å². The molecule has 1 aromatic heterocycles. The van der Waals surface area contributed by atoms with Crippen LogP contribution in [0.2, 0.25) is 0 Å². The standard InChI is InChI=1S/C28H25F2NO3/c1-15-6-8-20(16(2)10-15)23-14-34-28-18(4)27(33-5)21(13-22(23)28)17(3)11-26(32)31-19-7-9-24(29)25(30)12-19/h6-14H,1-5H3,(H,31,32)/b17-11+. The number of anilines is 1. The maximum atomic E-state index is 13.5. The molecular weight excluding hydrogens is 436 g/mol. The van der Waals surface area contributed by atoms with Gasteiger partial charge in [0.1, 0.15) is 11.3 Å².